The quantitative estimate of drug-likeness (QED) is 0.326. The minimum Gasteiger partial charge on any atom is -0.496 e. The van der Waals surface area contributed by atoms with Gasteiger partial charge in [0.15, 0.2) is 11.5 Å². The Hall–Kier alpha value is -4.36. The zero-order valence-electron chi connectivity index (χ0n) is 20.5. The number of para-hydroxylation sites is 1. The number of hydrogen-bond donors (Lipinski definition) is 5. The van der Waals surface area contributed by atoms with Crippen LogP contribution in [0.1, 0.15) is 17.2 Å². The molecule has 13 nitrogen and oxygen atoms in total. The molecule has 0 aliphatic carbocycles. The van der Waals surface area contributed by atoms with Gasteiger partial charge in [0.25, 0.3) is 0 Å². The first-order chi connectivity index (χ1) is 17.5. The van der Waals surface area contributed by atoms with Gasteiger partial charge in [-0.25, -0.2) is 19.2 Å². The van der Waals surface area contributed by atoms with E-state index in [2.05, 4.69) is 48.6 Å². The predicted molar refractivity (Wildman–Crippen MR) is 129 cm³/mol. The Morgan fingerprint density at radius 3 is 1.95 bits per heavy atom. The van der Waals surface area contributed by atoms with E-state index < -0.39 is 23.9 Å². The smallest absolute Gasteiger partial charge is 0.414 e. The van der Waals surface area contributed by atoms with Gasteiger partial charge >= 0.3 is 23.9 Å². The fraction of sp³-hybridized carbons (Fsp3) is 0.333. The van der Waals surface area contributed by atoms with E-state index in [1.54, 1.807) is 7.11 Å². The van der Waals surface area contributed by atoms with Crippen LogP contribution < -0.4 is 19.5 Å². The molecule has 0 fully saturated rings. The lowest BCUT2D eigenvalue weighted by atomic mass is 10.0. The van der Waals surface area contributed by atoms with Gasteiger partial charge in [-0.15, -0.1) is 0 Å². The Balaban J connectivity index is 0.000000476. The van der Waals surface area contributed by atoms with Crippen molar-refractivity contribution in [3.63, 3.8) is 0 Å². The van der Waals surface area contributed by atoms with Gasteiger partial charge in [0.1, 0.15) is 19.0 Å². The van der Waals surface area contributed by atoms with Gasteiger partial charge in [-0.2, -0.15) is 0 Å². The SMILES string of the molecule is COc1ccccc1C(CNCc1ccc2c(c1)OCCO2)N(C)C.O=C(O)C(=O)O.O=C(O)C(=O)O. The number of fused-ring (bicyclic) bond motifs is 1. The molecule has 1 heterocycles. The molecular weight excluding hydrogens is 492 g/mol. The average Bonchev–Trinajstić information content (AvgIpc) is 2.87. The lowest BCUT2D eigenvalue weighted by Gasteiger charge is -2.27. The Labute approximate surface area is 212 Å². The molecule has 0 spiro atoms. The first-order valence-electron chi connectivity index (χ1n) is 10.8. The van der Waals surface area contributed by atoms with E-state index >= 15 is 0 Å². The molecule has 2 aromatic rings. The molecule has 1 aliphatic heterocycles. The highest BCUT2D eigenvalue weighted by atomic mass is 16.6. The number of carboxylic acid groups (broad SMARTS) is 4. The number of rotatable bonds is 7. The predicted octanol–water partition coefficient (Wildman–Crippen LogP) is 1.17. The normalized spacial score (nSPS) is 12.1. The molecule has 37 heavy (non-hydrogen) atoms. The summed E-state index contributed by atoms with van der Waals surface area (Å²) in [6.07, 6.45) is 0. The second-order valence-corrected chi connectivity index (χ2v) is 7.55. The fourth-order valence-electron chi connectivity index (χ4n) is 3.06. The molecule has 1 unspecified atom stereocenters. The monoisotopic (exact) mass is 522 g/mol. The molecular formula is C24H30N2O11. The van der Waals surface area contributed by atoms with Crippen molar-refractivity contribution in [3.8, 4) is 17.2 Å². The lowest BCUT2D eigenvalue weighted by Crippen LogP contribution is -2.31. The zero-order valence-corrected chi connectivity index (χ0v) is 20.5. The van der Waals surface area contributed by atoms with E-state index in [0.29, 0.717) is 13.2 Å². The van der Waals surface area contributed by atoms with Crippen LogP contribution >= 0.6 is 0 Å². The Bertz CT molecular complexity index is 1020. The zero-order chi connectivity index (χ0) is 28.0. The summed E-state index contributed by atoms with van der Waals surface area (Å²) in [5.74, 6) is -4.72. The Kier molecular flexibility index (Phi) is 12.9. The van der Waals surface area contributed by atoms with Crippen molar-refractivity contribution in [1.82, 2.24) is 10.2 Å². The van der Waals surface area contributed by atoms with Gasteiger partial charge in [0, 0.05) is 18.7 Å². The minimum absolute atomic E-state index is 0.230. The molecule has 0 saturated heterocycles. The molecule has 2 aromatic carbocycles. The first-order valence-corrected chi connectivity index (χ1v) is 10.8. The van der Waals surface area contributed by atoms with E-state index in [1.807, 2.05) is 18.2 Å². The molecule has 202 valence electrons. The van der Waals surface area contributed by atoms with Crippen LogP contribution in [0.2, 0.25) is 0 Å². The number of benzene rings is 2. The molecule has 0 radical (unpaired) electrons. The van der Waals surface area contributed by atoms with Crippen molar-refractivity contribution in [2.75, 3.05) is 41.0 Å². The number of ether oxygens (including phenoxy) is 3. The molecule has 5 N–H and O–H groups in total. The first kappa shape index (κ1) is 30.7. The molecule has 0 saturated carbocycles. The Morgan fingerprint density at radius 2 is 1.43 bits per heavy atom. The van der Waals surface area contributed by atoms with Crippen molar-refractivity contribution in [3.05, 3.63) is 53.6 Å². The molecule has 1 atom stereocenters. The summed E-state index contributed by atoms with van der Waals surface area (Å²) in [4.78, 5) is 38.6. The van der Waals surface area contributed by atoms with Crippen LogP contribution in [-0.4, -0.2) is 90.2 Å². The van der Waals surface area contributed by atoms with E-state index in [0.717, 1.165) is 30.3 Å². The number of nitrogens with one attached hydrogen (secondary N) is 1. The molecule has 13 heteroatoms. The van der Waals surface area contributed by atoms with Gasteiger partial charge < -0.3 is 44.9 Å². The number of nitrogens with zero attached hydrogens (tertiary/aromatic N) is 1. The third-order valence-electron chi connectivity index (χ3n) is 4.76. The van der Waals surface area contributed by atoms with Gasteiger partial charge in [0.05, 0.1) is 13.2 Å². The number of methoxy groups -OCH3 is 1. The molecule has 1 aliphatic rings. The summed E-state index contributed by atoms with van der Waals surface area (Å²) in [6, 6.07) is 14.5. The van der Waals surface area contributed by atoms with Crippen LogP contribution in [0.3, 0.4) is 0 Å². The number of likely N-dealkylation sites (N-methyl/N-ethyl adjacent to an activating group) is 1. The summed E-state index contributed by atoms with van der Waals surface area (Å²) in [5.41, 5.74) is 2.37. The fourth-order valence-corrected chi connectivity index (χ4v) is 3.06. The van der Waals surface area contributed by atoms with Crippen molar-refractivity contribution in [2.45, 2.75) is 12.6 Å². The van der Waals surface area contributed by atoms with Crippen molar-refractivity contribution in [1.29, 1.82) is 0 Å². The summed E-state index contributed by atoms with van der Waals surface area (Å²) in [6.45, 7) is 2.83. The van der Waals surface area contributed by atoms with Crippen LogP contribution in [0, 0.1) is 0 Å². The highest BCUT2D eigenvalue weighted by Crippen LogP contribution is 2.31. The molecule has 0 aromatic heterocycles. The maximum absolute atomic E-state index is 9.10. The summed E-state index contributed by atoms with van der Waals surface area (Å²) in [7, 11) is 5.89. The number of aliphatic carboxylic acids is 4. The lowest BCUT2D eigenvalue weighted by molar-refractivity contribution is -0.159. The van der Waals surface area contributed by atoms with Gasteiger partial charge in [0.2, 0.25) is 0 Å². The maximum Gasteiger partial charge on any atom is 0.414 e. The van der Waals surface area contributed by atoms with Crippen LogP contribution in [0.25, 0.3) is 0 Å². The maximum atomic E-state index is 9.10. The third kappa shape index (κ3) is 10.8. The van der Waals surface area contributed by atoms with E-state index in [1.165, 1.54) is 11.1 Å². The molecule has 3 rings (SSSR count). The van der Waals surface area contributed by atoms with Crippen LogP contribution in [0.5, 0.6) is 17.2 Å². The van der Waals surface area contributed by atoms with Crippen molar-refractivity contribution in [2.24, 2.45) is 0 Å². The van der Waals surface area contributed by atoms with Crippen molar-refractivity contribution < 1.29 is 53.8 Å². The topological polar surface area (TPSA) is 192 Å². The number of hydrogen-bond acceptors (Lipinski definition) is 9. The van der Waals surface area contributed by atoms with Crippen LogP contribution in [0.4, 0.5) is 0 Å². The van der Waals surface area contributed by atoms with E-state index in [9.17, 15) is 0 Å². The van der Waals surface area contributed by atoms with E-state index in [4.69, 9.17) is 53.8 Å². The van der Waals surface area contributed by atoms with Crippen LogP contribution in [0.15, 0.2) is 42.5 Å². The summed E-state index contributed by atoms with van der Waals surface area (Å²) >= 11 is 0. The second kappa shape index (κ2) is 15.6. The minimum atomic E-state index is -1.82. The molecule has 0 bridgehead atoms. The number of carboxylic acids is 4. The average molecular weight is 523 g/mol. The van der Waals surface area contributed by atoms with E-state index in [-0.39, 0.29) is 6.04 Å². The summed E-state index contributed by atoms with van der Waals surface area (Å²) in [5, 5.41) is 33.1. The second-order valence-electron chi connectivity index (χ2n) is 7.55. The third-order valence-corrected chi connectivity index (χ3v) is 4.76. The highest BCUT2D eigenvalue weighted by Gasteiger charge is 2.18. The van der Waals surface area contributed by atoms with Gasteiger partial charge in [-0.1, -0.05) is 24.3 Å². The number of carbonyl (C=O) groups is 4. The summed E-state index contributed by atoms with van der Waals surface area (Å²) < 4.78 is 16.7. The largest absolute Gasteiger partial charge is 0.496 e. The standard InChI is InChI=1S/C20H26N2O3.2C2H2O4/c1-22(2)17(16-6-4-5-7-18(16)23-3)14-21-13-15-8-9-19-20(12-15)25-11-10-24-19;2*3-1(4)2(5)6/h4-9,12,17,21H,10-11,13-14H2,1-3H3;2*(H,3,4)(H,5,6). The van der Waals surface area contributed by atoms with Gasteiger partial charge in [-0.3, -0.25) is 0 Å². The van der Waals surface area contributed by atoms with Gasteiger partial charge in [-0.05, 0) is 37.9 Å². The Morgan fingerprint density at radius 1 is 0.892 bits per heavy atom. The highest BCUT2D eigenvalue weighted by molar-refractivity contribution is 6.27. The van der Waals surface area contributed by atoms with Crippen molar-refractivity contribution >= 4 is 23.9 Å². The molecule has 0 amide bonds. The van der Waals surface area contributed by atoms with Crippen LogP contribution in [-0.2, 0) is 25.7 Å².